The molecule has 1 aromatic carbocycles. The second kappa shape index (κ2) is 6.58. The first-order chi connectivity index (χ1) is 10.3. The number of carbonyl (C=O) groups is 1. The van der Waals surface area contributed by atoms with E-state index in [-0.39, 0.29) is 23.3 Å². The van der Waals surface area contributed by atoms with Gasteiger partial charge in [-0.25, -0.2) is 13.4 Å². The molecule has 0 saturated heterocycles. The van der Waals surface area contributed by atoms with E-state index >= 15 is 0 Å². The average molecular weight is 338 g/mol. The monoisotopic (exact) mass is 338 g/mol. The molecule has 7 heteroatoms. The van der Waals surface area contributed by atoms with Crippen molar-refractivity contribution in [1.82, 2.24) is 10.3 Å². The highest BCUT2D eigenvalue weighted by atomic mass is 32.2. The van der Waals surface area contributed by atoms with Crippen molar-refractivity contribution in [3.63, 3.8) is 0 Å². The van der Waals surface area contributed by atoms with E-state index in [4.69, 9.17) is 0 Å². The van der Waals surface area contributed by atoms with Crippen LogP contribution < -0.4 is 5.32 Å². The third kappa shape index (κ3) is 4.38. The number of thiazole rings is 1. The summed E-state index contributed by atoms with van der Waals surface area (Å²) < 4.78 is 22.8. The molecule has 0 radical (unpaired) electrons. The van der Waals surface area contributed by atoms with Crippen LogP contribution in [0.5, 0.6) is 0 Å². The van der Waals surface area contributed by atoms with E-state index in [1.165, 1.54) is 17.6 Å². The molecule has 0 fully saturated rings. The van der Waals surface area contributed by atoms with Crippen molar-refractivity contribution in [2.24, 2.45) is 0 Å². The summed E-state index contributed by atoms with van der Waals surface area (Å²) in [5.41, 5.74) is 1.62. The summed E-state index contributed by atoms with van der Waals surface area (Å²) in [6, 6.07) is 6.34. The second-order valence-electron chi connectivity index (χ2n) is 5.17. The van der Waals surface area contributed by atoms with E-state index < -0.39 is 9.84 Å². The number of hydrogen-bond acceptors (Lipinski definition) is 5. The maximum absolute atomic E-state index is 12.0. The normalized spacial score (nSPS) is 12.9. The zero-order chi connectivity index (χ0) is 16.3. The molecule has 0 bridgehead atoms. The van der Waals surface area contributed by atoms with Crippen LogP contribution >= 0.6 is 11.3 Å². The standard InChI is InChI=1S/C15H18N2O3S2/c1-10(12-4-6-14(7-5-12)22(3,19)20)16-15(18)8-13-9-21-11(2)17-13/h4-7,9-10H,8H2,1-3H3,(H,16,18)/t10-/m0/s1. The highest BCUT2D eigenvalue weighted by molar-refractivity contribution is 7.90. The maximum Gasteiger partial charge on any atom is 0.226 e. The van der Waals surface area contributed by atoms with Crippen LogP contribution in [0.4, 0.5) is 0 Å². The van der Waals surface area contributed by atoms with Gasteiger partial charge in [-0.05, 0) is 31.5 Å². The fraction of sp³-hybridized carbons (Fsp3) is 0.333. The number of nitrogens with zero attached hydrogens (tertiary/aromatic N) is 1. The molecule has 0 aliphatic heterocycles. The summed E-state index contributed by atoms with van der Waals surface area (Å²) in [5, 5.41) is 5.70. The first kappa shape index (κ1) is 16.6. The molecule has 22 heavy (non-hydrogen) atoms. The minimum Gasteiger partial charge on any atom is -0.349 e. The van der Waals surface area contributed by atoms with Gasteiger partial charge >= 0.3 is 0 Å². The van der Waals surface area contributed by atoms with Crippen LogP contribution in [-0.2, 0) is 21.1 Å². The van der Waals surface area contributed by atoms with Crippen LogP contribution in [0.15, 0.2) is 34.5 Å². The quantitative estimate of drug-likeness (QED) is 0.907. The van der Waals surface area contributed by atoms with Gasteiger partial charge in [0.25, 0.3) is 0 Å². The minimum absolute atomic E-state index is 0.106. The fourth-order valence-corrected chi connectivity index (χ4v) is 3.28. The number of hydrogen-bond donors (Lipinski definition) is 1. The Labute approximate surface area is 134 Å². The fourth-order valence-electron chi connectivity index (χ4n) is 2.03. The molecule has 0 aliphatic rings. The predicted octanol–water partition coefficient (Wildman–Crippen LogP) is 2.27. The van der Waals surface area contributed by atoms with E-state index in [0.717, 1.165) is 16.3 Å². The van der Waals surface area contributed by atoms with E-state index in [2.05, 4.69) is 10.3 Å². The maximum atomic E-state index is 12.0. The van der Waals surface area contributed by atoms with Gasteiger partial charge < -0.3 is 5.32 Å². The van der Waals surface area contributed by atoms with Crippen molar-refractivity contribution in [3.8, 4) is 0 Å². The smallest absolute Gasteiger partial charge is 0.226 e. The molecule has 0 spiro atoms. The average Bonchev–Trinajstić information content (AvgIpc) is 2.83. The molecule has 1 aromatic heterocycles. The molecule has 5 nitrogen and oxygen atoms in total. The predicted molar refractivity (Wildman–Crippen MR) is 86.7 cm³/mol. The van der Waals surface area contributed by atoms with Crippen LogP contribution in [-0.4, -0.2) is 25.6 Å². The Morgan fingerprint density at radius 2 is 1.95 bits per heavy atom. The summed E-state index contributed by atoms with van der Waals surface area (Å²) in [5.74, 6) is -0.106. The Morgan fingerprint density at radius 1 is 1.32 bits per heavy atom. The molecule has 0 saturated carbocycles. The number of aryl methyl sites for hydroxylation is 1. The zero-order valence-corrected chi connectivity index (χ0v) is 14.3. The summed E-state index contributed by atoms with van der Waals surface area (Å²) in [6.45, 7) is 3.76. The van der Waals surface area contributed by atoms with Crippen LogP contribution in [0.2, 0.25) is 0 Å². The van der Waals surface area contributed by atoms with Crippen LogP contribution in [0.3, 0.4) is 0 Å². The van der Waals surface area contributed by atoms with Gasteiger partial charge in [0.1, 0.15) is 0 Å². The van der Waals surface area contributed by atoms with Crippen molar-refractivity contribution in [1.29, 1.82) is 0 Å². The number of carbonyl (C=O) groups excluding carboxylic acids is 1. The molecule has 1 amide bonds. The second-order valence-corrected chi connectivity index (χ2v) is 8.24. The highest BCUT2D eigenvalue weighted by Gasteiger charge is 2.13. The molecule has 1 atom stereocenters. The highest BCUT2D eigenvalue weighted by Crippen LogP contribution is 2.16. The largest absolute Gasteiger partial charge is 0.349 e. The topological polar surface area (TPSA) is 76.1 Å². The van der Waals surface area contributed by atoms with Gasteiger partial charge in [0, 0.05) is 11.6 Å². The van der Waals surface area contributed by atoms with Crippen molar-refractivity contribution in [3.05, 3.63) is 45.9 Å². The SMILES string of the molecule is Cc1nc(CC(=O)N[C@@H](C)c2ccc(S(C)(=O)=O)cc2)cs1. The number of aromatic nitrogens is 1. The third-order valence-corrected chi connectivity index (χ3v) is 5.14. The molecular formula is C15H18N2O3S2. The lowest BCUT2D eigenvalue weighted by atomic mass is 10.1. The summed E-state index contributed by atoms with van der Waals surface area (Å²) in [7, 11) is -3.20. The van der Waals surface area contributed by atoms with Crippen LogP contribution in [0.1, 0.15) is 29.2 Å². The first-order valence-corrected chi connectivity index (χ1v) is 9.53. The van der Waals surface area contributed by atoms with Gasteiger partial charge in [0.05, 0.1) is 28.1 Å². The number of rotatable bonds is 5. The van der Waals surface area contributed by atoms with Crippen molar-refractivity contribution in [2.45, 2.75) is 31.2 Å². The number of benzene rings is 1. The van der Waals surface area contributed by atoms with Gasteiger partial charge in [-0.3, -0.25) is 4.79 Å². The minimum atomic E-state index is -3.20. The van der Waals surface area contributed by atoms with E-state index in [9.17, 15) is 13.2 Å². The molecule has 0 aliphatic carbocycles. The van der Waals surface area contributed by atoms with Gasteiger partial charge in [-0.2, -0.15) is 0 Å². The molecule has 1 N–H and O–H groups in total. The van der Waals surface area contributed by atoms with Gasteiger partial charge in [-0.15, -0.1) is 11.3 Å². The number of amides is 1. The van der Waals surface area contributed by atoms with Gasteiger partial charge in [0.15, 0.2) is 9.84 Å². The molecular weight excluding hydrogens is 320 g/mol. The summed E-state index contributed by atoms with van der Waals surface area (Å²) >= 11 is 1.52. The first-order valence-electron chi connectivity index (χ1n) is 6.76. The van der Waals surface area contributed by atoms with Crippen molar-refractivity contribution < 1.29 is 13.2 Å². The van der Waals surface area contributed by atoms with Gasteiger partial charge in [0.2, 0.25) is 5.91 Å². The third-order valence-electron chi connectivity index (χ3n) is 3.19. The van der Waals surface area contributed by atoms with Crippen LogP contribution in [0.25, 0.3) is 0 Å². The Hall–Kier alpha value is -1.73. The van der Waals surface area contributed by atoms with E-state index in [1.807, 2.05) is 19.2 Å². The number of nitrogens with one attached hydrogen (secondary N) is 1. The Balaban J connectivity index is 1.99. The van der Waals surface area contributed by atoms with E-state index in [0.29, 0.717) is 0 Å². The lowest BCUT2D eigenvalue weighted by molar-refractivity contribution is -0.121. The lowest BCUT2D eigenvalue weighted by Gasteiger charge is -2.14. The molecule has 0 unspecified atom stereocenters. The van der Waals surface area contributed by atoms with Gasteiger partial charge in [-0.1, -0.05) is 12.1 Å². The molecule has 2 rings (SSSR count). The Morgan fingerprint density at radius 3 is 2.45 bits per heavy atom. The zero-order valence-electron chi connectivity index (χ0n) is 12.7. The van der Waals surface area contributed by atoms with Crippen molar-refractivity contribution >= 4 is 27.1 Å². The van der Waals surface area contributed by atoms with E-state index in [1.54, 1.807) is 24.3 Å². The Kier molecular flexibility index (Phi) is 4.97. The summed E-state index contributed by atoms with van der Waals surface area (Å²) in [4.78, 5) is 16.5. The lowest BCUT2D eigenvalue weighted by Crippen LogP contribution is -2.28. The molecule has 2 aromatic rings. The van der Waals surface area contributed by atoms with Crippen LogP contribution in [0, 0.1) is 6.92 Å². The molecule has 118 valence electrons. The molecule has 1 heterocycles. The Bertz CT molecular complexity index is 764. The summed E-state index contributed by atoms with van der Waals surface area (Å²) in [6.07, 6.45) is 1.42. The number of sulfone groups is 1. The van der Waals surface area contributed by atoms with Crippen molar-refractivity contribution in [2.75, 3.05) is 6.26 Å².